The molecule has 0 bridgehead atoms. The molecule has 0 N–H and O–H groups in total. The van der Waals surface area contributed by atoms with E-state index in [1.165, 1.54) is 0 Å². The molecule has 31 heavy (non-hydrogen) atoms. The number of hydrogen-bond acceptors (Lipinski definition) is 6. The van der Waals surface area contributed by atoms with Crippen LogP contribution in [0.4, 0.5) is 11.6 Å². The Morgan fingerprint density at radius 1 is 1.13 bits per heavy atom. The number of anilines is 1. The molecule has 0 spiro atoms. The number of nitro benzene ring substituents is 1. The molecule has 0 saturated carbocycles. The Labute approximate surface area is 179 Å². The molecule has 3 heterocycles. The minimum atomic E-state index is -0.350. The SMILES string of the molecule is Cc1noc(C)c1-c1cc([N+](=O)[O-])c2nc(N3CCCC3)n(Cc3ccccc3)c2c1. The summed E-state index contributed by atoms with van der Waals surface area (Å²) in [6.45, 7) is 6.07. The van der Waals surface area contributed by atoms with Crippen LogP contribution in [0, 0.1) is 24.0 Å². The van der Waals surface area contributed by atoms with Crippen molar-refractivity contribution in [3.8, 4) is 11.1 Å². The third kappa shape index (κ3) is 3.34. The van der Waals surface area contributed by atoms with Crippen molar-refractivity contribution in [1.29, 1.82) is 0 Å². The first kappa shape index (κ1) is 19.3. The highest BCUT2D eigenvalue weighted by atomic mass is 16.6. The molecule has 4 aromatic rings. The molecule has 2 aromatic heterocycles. The van der Waals surface area contributed by atoms with Gasteiger partial charge < -0.3 is 14.0 Å². The quantitative estimate of drug-likeness (QED) is 0.340. The van der Waals surface area contributed by atoms with Crippen LogP contribution >= 0.6 is 0 Å². The van der Waals surface area contributed by atoms with Crippen molar-refractivity contribution in [2.24, 2.45) is 0 Å². The Balaban J connectivity index is 1.78. The normalized spacial score (nSPS) is 13.9. The maximum atomic E-state index is 12.0. The second-order valence-corrected chi connectivity index (χ2v) is 8.00. The fraction of sp³-hybridized carbons (Fsp3) is 0.304. The minimum absolute atomic E-state index is 0.000224. The lowest BCUT2D eigenvalue weighted by Gasteiger charge is -2.18. The molecular formula is C23H23N5O3. The van der Waals surface area contributed by atoms with Crippen LogP contribution in [0.25, 0.3) is 22.2 Å². The van der Waals surface area contributed by atoms with E-state index < -0.39 is 0 Å². The Hall–Kier alpha value is -3.68. The van der Waals surface area contributed by atoms with Crippen LogP contribution in [0.15, 0.2) is 47.0 Å². The monoisotopic (exact) mass is 417 g/mol. The van der Waals surface area contributed by atoms with Gasteiger partial charge in [-0.15, -0.1) is 0 Å². The number of hydrogen-bond donors (Lipinski definition) is 0. The first-order valence-electron chi connectivity index (χ1n) is 10.4. The summed E-state index contributed by atoms with van der Waals surface area (Å²) in [5, 5.41) is 16.0. The predicted octanol–water partition coefficient (Wildman–Crippen LogP) is 4.86. The second-order valence-electron chi connectivity index (χ2n) is 8.00. The summed E-state index contributed by atoms with van der Waals surface area (Å²) >= 11 is 0. The smallest absolute Gasteiger partial charge is 0.297 e. The fourth-order valence-electron chi connectivity index (χ4n) is 4.45. The van der Waals surface area contributed by atoms with Gasteiger partial charge in [-0.2, -0.15) is 0 Å². The molecule has 158 valence electrons. The molecule has 8 nitrogen and oxygen atoms in total. The molecule has 0 aliphatic carbocycles. The molecule has 8 heteroatoms. The summed E-state index contributed by atoms with van der Waals surface area (Å²) in [6.07, 6.45) is 2.20. The number of nitrogens with zero attached hydrogens (tertiary/aromatic N) is 5. The second kappa shape index (κ2) is 7.54. The van der Waals surface area contributed by atoms with Crippen molar-refractivity contribution < 1.29 is 9.45 Å². The zero-order valence-electron chi connectivity index (χ0n) is 17.5. The van der Waals surface area contributed by atoms with E-state index in [1.807, 2.05) is 38.1 Å². The molecule has 0 radical (unpaired) electrons. The van der Waals surface area contributed by atoms with Crippen molar-refractivity contribution in [3.05, 3.63) is 69.6 Å². The molecule has 1 saturated heterocycles. The number of non-ortho nitro benzene ring substituents is 1. The number of aromatic nitrogens is 3. The molecule has 2 aromatic carbocycles. The van der Waals surface area contributed by atoms with Gasteiger partial charge in [0.15, 0.2) is 5.52 Å². The lowest BCUT2D eigenvalue weighted by molar-refractivity contribution is -0.383. The number of nitro groups is 1. The first-order valence-corrected chi connectivity index (χ1v) is 10.4. The van der Waals surface area contributed by atoms with Gasteiger partial charge in [-0.05, 0) is 43.9 Å². The van der Waals surface area contributed by atoms with Gasteiger partial charge in [0.1, 0.15) is 5.76 Å². The van der Waals surface area contributed by atoms with Gasteiger partial charge in [0.05, 0.1) is 22.7 Å². The van der Waals surface area contributed by atoms with Crippen LogP contribution in [-0.4, -0.2) is 32.7 Å². The van der Waals surface area contributed by atoms with E-state index in [4.69, 9.17) is 9.51 Å². The van der Waals surface area contributed by atoms with E-state index in [2.05, 4.69) is 26.8 Å². The predicted molar refractivity (Wildman–Crippen MR) is 118 cm³/mol. The third-order valence-electron chi connectivity index (χ3n) is 5.90. The van der Waals surface area contributed by atoms with Crippen LogP contribution in [0.5, 0.6) is 0 Å². The van der Waals surface area contributed by atoms with Crippen LogP contribution in [0.1, 0.15) is 29.9 Å². The summed E-state index contributed by atoms with van der Waals surface area (Å²) in [5.74, 6) is 1.43. The number of fused-ring (bicyclic) bond motifs is 1. The molecule has 0 unspecified atom stereocenters. The standard InChI is InChI=1S/C23H23N5O3/c1-15-21(16(2)31-25-15)18-12-19-22(20(13-18)28(29)30)24-23(26-10-6-7-11-26)27(19)14-17-8-4-3-5-9-17/h3-5,8-9,12-13H,6-7,10-11,14H2,1-2H3. The Bertz CT molecular complexity index is 1250. The largest absolute Gasteiger partial charge is 0.361 e. The Morgan fingerprint density at radius 2 is 1.87 bits per heavy atom. The third-order valence-corrected chi connectivity index (χ3v) is 5.90. The summed E-state index contributed by atoms with van der Waals surface area (Å²) in [4.78, 5) is 18.7. The van der Waals surface area contributed by atoms with E-state index in [1.54, 1.807) is 6.07 Å². The highest BCUT2D eigenvalue weighted by molar-refractivity contribution is 5.92. The van der Waals surface area contributed by atoms with Crippen LogP contribution in [0.3, 0.4) is 0 Å². The van der Waals surface area contributed by atoms with E-state index in [-0.39, 0.29) is 10.6 Å². The van der Waals surface area contributed by atoms with E-state index >= 15 is 0 Å². The zero-order chi connectivity index (χ0) is 21.5. The van der Waals surface area contributed by atoms with Crippen molar-refractivity contribution >= 4 is 22.7 Å². The maximum Gasteiger partial charge on any atom is 0.297 e. The first-order chi connectivity index (χ1) is 15.0. The van der Waals surface area contributed by atoms with E-state index in [0.29, 0.717) is 23.5 Å². The van der Waals surface area contributed by atoms with Gasteiger partial charge >= 0.3 is 0 Å². The van der Waals surface area contributed by atoms with Crippen LogP contribution in [-0.2, 0) is 6.54 Å². The summed E-state index contributed by atoms with van der Waals surface area (Å²) in [5.41, 5.74) is 4.50. The Kier molecular flexibility index (Phi) is 4.69. The number of imidazole rings is 1. The van der Waals surface area contributed by atoms with Gasteiger partial charge in [-0.1, -0.05) is 35.5 Å². The van der Waals surface area contributed by atoms with E-state index in [0.717, 1.165) is 54.1 Å². The van der Waals surface area contributed by atoms with Crippen molar-refractivity contribution in [2.75, 3.05) is 18.0 Å². The molecule has 0 atom stereocenters. The van der Waals surface area contributed by atoms with Crippen molar-refractivity contribution in [3.63, 3.8) is 0 Å². The van der Waals surface area contributed by atoms with Crippen molar-refractivity contribution in [1.82, 2.24) is 14.7 Å². The lowest BCUT2D eigenvalue weighted by Crippen LogP contribution is -2.22. The highest BCUT2D eigenvalue weighted by Crippen LogP contribution is 2.37. The summed E-state index contributed by atoms with van der Waals surface area (Å²) < 4.78 is 7.43. The molecule has 1 fully saturated rings. The van der Waals surface area contributed by atoms with E-state index in [9.17, 15) is 10.1 Å². The van der Waals surface area contributed by atoms with Gasteiger partial charge in [-0.25, -0.2) is 4.98 Å². The fourth-order valence-corrected chi connectivity index (χ4v) is 4.45. The van der Waals surface area contributed by atoms with Gasteiger partial charge in [0.2, 0.25) is 5.95 Å². The zero-order valence-corrected chi connectivity index (χ0v) is 17.5. The minimum Gasteiger partial charge on any atom is -0.361 e. The Morgan fingerprint density at radius 3 is 2.52 bits per heavy atom. The maximum absolute atomic E-state index is 12.0. The van der Waals surface area contributed by atoms with Gasteiger partial charge in [-0.3, -0.25) is 10.1 Å². The summed E-state index contributed by atoms with van der Waals surface area (Å²) in [7, 11) is 0. The van der Waals surface area contributed by atoms with Crippen molar-refractivity contribution in [2.45, 2.75) is 33.2 Å². The molecule has 1 aliphatic heterocycles. The molecule has 1 aliphatic rings. The van der Waals surface area contributed by atoms with Crippen LogP contribution in [0.2, 0.25) is 0 Å². The van der Waals surface area contributed by atoms with Crippen LogP contribution < -0.4 is 4.90 Å². The van der Waals surface area contributed by atoms with Gasteiger partial charge in [0, 0.05) is 24.7 Å². The molecular weight excluding hydrogens is 394 g/mol. The summed E-state index contributed by atoms with van der Waals surface area (Å²) in [6, 6.07) is 13.7. The number of benzene rings is 2. The lowest BCUT2D eigenvalue weighted by atomic mass is 10.0. The average Bonchev–Trinajstić information content (AvgIpc) is 3.48. The van der Waals surface area contributed by atoms with Gasteiger partial charge in [0.25, 0.3) is 5.69 Å². The number of rotatable bonds is 5. The molecule has 5 rings (SSSR count). The molecule has 0 amide bonds. The highest BCUT2D eigenvalue weighted by Gasteiger charge is 2.27. The number of aryl methyl sites for hydroxylation is 2. The topological polar surface area (TPSA) is 90.2 Å². The average molecular weight is 417 g/mol.